The van der Waals surface area contributed by atoms with Gasteiger partial charge in [-0.25, -0.2) is 9.59 Å². The zero-order valence-corrected chi connectivity index (χ0v) is 17.1. The van der Waals surface area contributed by atoms with Gasteiger partial charge in [0.15, 0.2) is 0 Å². The number of benzene rings is 1. The van der Waals surface area contributed by atoms with Gasteiger partial charge in [-0.15, -0.1) is 0 Å². The molecule has 0 radical (unpaired) electrons. The molecule has 0 bridgehead atoms. The normalized spacial score (nSPS) is 14.6. The van der Waals surface area contributed by atoms with E-state index in [-0.39, 0.29) is 25.2 Å². The SMILES string of the molecule is COC(=O)/C(=C\c1ccc2c(c1)CN(C(=O)C(F)(F)F)CC2)NC(=O)OC(C)(C)C. The summed E-state index contributed by atoms with van der Waals surface area (Å²) in [5.74, 6) is -2.72. The topological polar surface area (TPSA) is 84.9 Å². The van der Waals surface area contributed by atoms with Gasteiger partial charge in [-0.1, -0.05) is 12.1 Å². The van der Waals surface area contributed by atoms with Gasteiger partial charge in [0.05, 0.1) is 7.11 Å². The van der Waals surface area contributed by atoms with Gasteiger partial charge in [-0.2, -0.15) is 13.2 Å². The van der Waals surface area contributed by atoms with E-state index < -0.39 is 29.7 Å². The van der Waals surface area contributed by atoms with Crippen LogP contribution in [0.3, 0.4) is 0 Å². The molecule has 1 aromatic carbocycles. The third-order valence-corrected chi connectivity index (χ3v) is 4.12. The van der Waals surface area contributed by atoms with Crippen molar-refractivity contribution in [1.82, 2.24) is 10.2 Å². The summed E-state index contributed by atoms with van der Waals surface area (Å²) in [6, 6.07) is 4.92. The maximum atomic E-state index is 12.7. The molecule has 1 aromatic rings. The fraction of sp³-hybridized carbons (Fsp3) is 0.450. The van der Waals surface area contributed by atoms with Crippen molar-refractivity contribution in [2.45, 2.75) is 45.5 Å². The number of amides is 2. The van der Waals surface area contributed by atoms with E-state index in [1.807, 2.05) is 0 Å². The number of alkyl halides is 3. The van der Waals surface area contributed by atoms with Gasteiger partial charge in [0.25, 0.3) is 0 Å². The number of carbonyl (C=O) groups excluding carboxylic acids is 3. The van der Waals surface area contributed by atoms with Crippen molar-refractivity contribution in [2.24, 2.45) is 0 Å². The quantitative estimate of drug-likeness (QED) is 0.591. The third kappa shape index (κ3) is 6.23. The molecule has 0 fully saturated rings. The molecule has 2 amide bonds. The highest BCUT2D eigenvalue weighted by Crippen LogP contribution is 2.26. The van der Waals surface area contributed by atoms with E-state index in [9.17, 15) is 27.6 Å². The number of alkyl carbamates (subject to hydrolysis) is 1. The first-order valence-corrected chi connectivity index (χ1v) is 9.08. The van der Waals surface area contributed by atoms with Gasteiger partial charge in [-0.05, 0) is 56.0 Å². The molecule has 2 rings (SSSR count). The largest absolute Gasteiger partial charge is 0.471 e. The molecule has 1 heterocycles. The second-order valence-electron chi connectivity index (χ2n) is 7.68. The van der Waals surface area contributed by atoms with Crippen LogP contribution < -0.4 is 5.32 Å². The van der Waals surface area contributed by atoms with Crippen LogP contribution in [0.2, 0.25) is 0 Å². The van der Waals surface area contributed by atoms with Gasteiger partial charge in [0.1, 0.15) is 11.3 Å². The van der Waals surface area contributed by atoms with E-state index in [2.05, 4.69) is 10.1 Å². The molecule has 0 atom stereocenters. The maximum Gasteiger partial charge on any atom is 0.471 e. The second kappa shape index (κ2) is 8.76. The summed E-state index contributed by atoms with van der Waals surface area (Å²) in [6.45, 7) is 4.74. The minimum absolute atomic E-state index is 0.0336. The lowest BCUT2D eigenvalue weighted by Gasteiger charge is -2.29. The molecule has 0 aliphatic carbocycles. The van der Waals surface area contributed by atoms with Crippen molar-refractivity contribution in [1.29, 1.82) is 0 Å². The molecule has 10 heteroatoms. The first-order chi connectivity index (χ1) is 13.8. The molecule has 164 valence electrons. The van der Waals surface area contributed by atoms with Crippen molar-refractivity contribution in [3.8, 4) is 0 Å². The Balaban J connectivity index is 2.27. The first-order valence-electron chi connectivity index (χ1n) is 9.08. The van der Waals surface area contributed by atoms with Crippen LogP contribution in [0.25, 0.3) is 6.08 Å². The molecule has 1 aliphatic heterocycles. The summed E-state index contributed by atoms with van der Waals surface area (Å²) in [4.78, 5) is 36.3. The Labute approximate surface area is 171 Å². The lowest BCUT2D eigenvalue weighted by atomic mass is 9.97. The number of esters is 1. The van der Waals surface area contributed by atoms with Crippen LogP contribution in [0.1, 0.15) is 37.5 Å². The lowest BCUT2D eigenvalue weighted by Crippen LogP contribution is -2.43. The third-order valence-electron chi connectivity index (χ3n) is 4.12. The smallest absolute Gasteiger partial charge is 0.464 e. The summed E-state index contributed by atoms with van der Waals surface area (Å²) in [6.07, 6.45) is -4.20. The fourth-order valence-corrected chi connectivity index (χ4v) is 2.86. The monoisotopic (exact) mass is 428 g/mol. The standard InChI is InChI=1S/C20H23F3N2O5/c1-19(2,3)30-18(28)24-15(16(26)29-4)10-12-5-6-13-7-8-25(11-14(13)9-12)17(27)20(21,22)23/h5-6,9-10H,7-8,11H2,1-4H3,(H,24,28)/b15-10+. The molecular formula is C20H23F3N2O5. The van der Waals surface area contributed by atoms with E-state index in [1.54, 1.807) is 39.0 Å². The minimum atomic E-state index is -4.94. The van der Waals surface area contributed by atoms with Crippen LogP contribution in [0.15, 0.2) is 23.9 Å². The molecule has 0 aromatic heterocycles. The van der Waals surface area contributed by atoms with E-state index >= 15 is 0 Å². The average molecular weight is 428 g/mol. The number of nitrogens with one attached hydrogen (secondary N) is 1. The minimum Gasteiger partial charge on any atom is -0.464 e. The number of hydrogen-bond donors (Lipinski definition) is 1. The number of halogens is 3. The van der Waals surface area contributed by atoms with E-state index in [0.717, 1.165) is 17.6 Å². The van der Waals surface area contributed by atoms with Crippen molar-refractivity contribution in [3.05, 3.63) is 40.6 Å². The zero-order chi connectivity index (χ0) is 22.7. The Morgan fingerprint density at radius 1 is 1.13 bits per heavy atom. The molecular weight excluding hydrogens is 405 g/mol. The van der Waals surface area contributed by atoms with Gasteiger partial charge >= 0.3 is 24.1 Å². The molecule has 30 heavy (non-hydrogen) atoms. The molecule has 1 aliphatic rings. The Morgan fingerprint density at radius 3 is 2.37 bits per heavy atom. The number of rotatable bonds is 3. The highest BCUT2D eigenvalue weighted by Gasteiger charge is 2.43. The van der Waals surface area contributed by atoms with Crippen LogP contribution >= 0.6 is 0 Å². The molecule has 1 N–H and O–H groups in total. The lowest BCUT2D eigenvalue weighted by molar-refractivity contribution is -0.186. The van der Waals surface area contributed by atoms with Gasteiger partial charge < -0.3 is 14.4 Å². The highest BCUT2D eigenvalue weighted by atomic mass is 19.4. The van der Waals surface area contributed by atoms with Crippen LogP contribution in [0.4, 0.5) is 18.0 Å². The summed E-state index contributed by atoms with van der Waals surface area (Å²) in [5.41, 5.74) is 0.774. The molecule has 0 spiro atoms. The molecule has 7 nitrogen and oxygen atoms in total. The van der Waals surface area contributed by atoms with Gasteiger partial charge in [0.2, 0.25) is 0 Å². The summed E-state index contributed by atoms with van der Waals surface area (Å²) < 4.78 is 47.9. The Morgan fingerprint density at radius 2 is 1.80 bits per heavy atom. The number of ether oxygens (including phenoxy) is 2. The zero-order valence-electron chi connectivity index (χ0n) is 17.1. The number of hydrogen-bond acceptors (Lipinski definition) is 5. The average Bonchev–Trinajstić information content (AvgIpc) is 2.63. The van der Waals surface area contributed by atoms with Crippen LogP contribution in [0.5, 0.6) is 0 Å². The predicted molar refractivity (Wildman–Crippen MR) is 101 cm³/mol. The fourth-order valence-electron chi connectivity index (χ4n) is 2.86. The van der Waals surface area contributed by atoms with E-state index in [4.69, 9.17) is 4.74 Å². The van der Waals surface area contributed by atoms with Crippen LogP contribution in [-0.2, 0) is 32.0 Å². The summed E-state index contributed by atoms with van der Waals surface area (Å²) in [7, 11) is 1.14. The number of methoxy groups -OCH3 is 1. The van der Waals surface area contributed by atoms with Crippen molar-refractivity contribution >= 4 is 24.0 Å². The molecule has 0 unspecified atom stereocenters. The Bertz CT molecular complexity index is 872. The van der Waals surface area contributed by atoms with Crippen molar-refractivity contribution < 1.29 is 37.0 Å². The number of fused-ring (bicyclic) bond motifs is 1. The maximum absolute atomic E-state index is 12.7. The van der Waals surface area contributed by atoms with E-state index in [0.29, 0.717) is 11.1 Å². The number of nitrogens with zero attached hydrogens (tertiary/aromatic N) is 1. The summed E-state index contributed by atoms with van der Waals surface area (Å²) in [5, 5.41) is 2.31. The van der Waals surface area contributed by atoms with Gasteiger partial charge in [-0.3, -0.25) is 10.1 Å². The predicted octanol–water partition coefficient (Wildman–Crippen LogP) is 3.17. The van der Waals surface area contributed by atoms with Crippen molar-refractivity contribution in [2.75, 3.05) is 13.7 Å². The Kier molecular flexibility index (Phi) is 6.79. The second-order valence-corrected chi connectivity index (χ2v) is 7.68. The summed E-state index contributed by atoms with van der Waals surface area (Å²) >= 11 is 0. The van der Waals surface area contributed by atoms with Crippen LogP contribution in [0, 0.1) is 0 Å². The highest BCUT2D eigenvalue weighted by molar-refractivity contribution is 5.96. The van der Waals surface area contributed by atoms with E-state index in [1.165, 1.54) is 6.08 Å². The molecule has 0 saturated carbocycles. The molecule has 0 saturated heterocycles. The first kappa shape index (κ1) is 23.2. The number of carbonyl (C=O) groups is 3. The Hall–Kier alpha value is -3.04. The van der Waals surface area contributed by atoms with Crippen molar-refractivity contribution in [3.63, 3.8) is 0 Å². The van der Waals surface area contributed by atoms with Gasteiger partial charge in [0, 0.05) is 13.1 Å². The van der Waals surface area contributed by atoms with Crippen LogP contribution in [-0.4, -0.2) is 48.3 Å².